The minimum absolute atomic E-state index is 0.00801. The van der Waals surface area contributed by atoms with Gasteiger partial charge < -0.3 is 24.4 Å². The van der Waals surface area contributed by atoms with E-state index in [2.05, 4.69) is 16.8 Å². The van der Waals surface area contributed by atoms with Crippen molar-refractivity contribution < 1.29 is 14.6 Å². The number of likely N-dealkylation sites (tertiary alicyclic amines) is 1. The summed E-state index contributed by atoms with van der Waals surface area (Å²) in [5.41, 5.74) is 2.25. The summed E-state index contributed by atoms with van der Waals surface area (Å²) >= 11 is 6.84. The van der Waals surface area contributed by atoms with E-state index in [1.807, 2.05) is 36.4 Å². The first-order valence-corrected chi connectivity index (χ1v) is 12.0. The van der Waals surface area contributed by atoms with E-state index in [-0.39, 0.29) is 17.7 Å². The topological polar surface area (TPSA) is 88.8 Å². The molecule has 1 aromatic carbocycles. The van der Waals surface area contributed by atoms with Gasteiger partial charge in [0.2, 0.25) is 11.8 Å². The van der Waals surface area contributed by atoms with Gasteiger partial charge >= 0.3 is 0 Å². The largest absolute Gasteiger partial charge is 0.472 e. The maximum atomic E-state index is 10.1. The second-order valence-corrected chi connectivity index (χ2v) is 9.04. The van der Waals surface area contributed by atoms with Crippen molar-refractivity contribution in [2.75, 3.05) is 51.3 Å². The van der Waals surface area contributed by atoms with Crippen LogP contribution in [0.15, 0.2) is 36.4 Å². The lowest BCUT2D eigenvalue weighted by atomic mass is 10.1. The van der Waals surface area contributed by atoms with Crippen molar-refractivity contribution in [3.63, 3.8) is 0 Å². The molecular formula is C24H29ClN6O3. The van der Waals surface area contributed by atoms with Gasteiger partial charge in [0.05, 0.1) is 31.2 Å². The molecule has 3 aromatic rings. The third-order valence-electron chi connectivity index (χ3n) is 6.16. The number of benzene rings is 1. The van der Waals surface area contributed by atoms with E-state index < -0.39 is 0 Å². The summed E-state index contributed by atoms with van der Waals surface area (Å²) in [6, 6.07) is 11.7. The van der Waals surface area contributed by atoms with Crippen LogP contribution in [0.4, 0.5) is 5.95 Å². The molecular weight excluding hydrogens is 456 g/mol. The highest BCUT2D eigenvalue weighted by atomic mass is 35.5. The summed E-state index contributed by atoms with van der Waals surface area (Å²) in [7, 11) is 2.09. The van der Waals surface area contributed by atoms with Crippen molar-refractivity contribution >= 4 is 17.5 Å². The normalized spacial score (nSPS) is 19.4. The Morgan fingerprint density at radius 2 is 1.94 bits per heavy atom. The van der Waals surface area contributed by atoms with Crippen molar-refractivity contribution in [1.29, 1.82) is 0 Å². The molecule has 0 spiro atoms. The van der Waals surface area contributed by atoms with E-state index >= 15 is 0 Å². The zero-order chi connectivity index (χ0) is 23.5. The molecule has 2 saturated heterocycles. The third kappa shape index (κ3) is 4.88. The summed E-state index contributed by atoms with van der Waals surface area (Å²) in [4.78, 5) is 13.8. The van der Waals surface area contributed by atoms with Gasteiger partial charge in [-0.05, 0) is 32.5 Å². The van der Waals surface area contributed by atoms with Crippen LogP contribution in [0, 0.1) is 0 Å². The van der Waals surface area contributed by atoms with Gasteiger partial charge in [-0.3, -0.25) is 0 Å². The Hall–Kier alpha value is -2.72. The number of rotatable bonds is 6. The maximum absolute atomic E-state index is 10.1. The quantitative estimate of drug-likeness (QED) is 0.571. The van der Waals surface area contributed by atoms with Crippen molar-refractivity contribution in [2.45, 2.75) is 25.6 Å². The number of hydrogen-bond acceptors (Lipinski definition) is 8. The molecule has 180 valence electrons. The average molecular weight is 485 g/mol. The van der Waals surface area contributed by atoms with Crippen molar-refractivity contribution in [1.82, 2.24) is 24.6 Å². The molecule has 2 aromatic heterocycles. The first kappa shape index (κ1) is 23.0. The lowest BCUT2D eigenvalue weighted by Crippen LogP contribution is -2.39. The van der Waals surface area contributed by atoms with Crippen LogP contribution < -0.4 is 9.64 Å². The van der Waals surface area contributed by atoms with Crippen LogP contribution in [-0.4, -0.2) is 82.3 Å². The molecule has 2 aliphatic heterocycles. The number of aliphatic hydroxyl groups is 1. The number of anilines is 1. The molecule has 5 rings (SSSR count). The predicted octanol–water partition coefficient (Wildman–Crippen LogP) is 2.78. The number of morpholine rings is 1. The van der Waals surface area contributed by atoms with Crippen LogP contribution in [0.3, 0.4) is 0 Å². The van der Waals surface area contributed by atoms with Gasteiger partial charge in [-0.15, -0.1) is 0 Å². The predicted molar refractivity (Wildman–Crippen MR) is 130 cm³/mol. The van der Waals surface area contributed by atoms with Crippen LogP contribution >= 0.6 is 11.6 Å². The molecule has 9 nitrogen and oxygen atoms in total. The Morgan fingerprint density at radius 3 is 2.68 bits per heavy atom. The number of likely N-dealkylation sites (N-methyl/N-ethyl adjacent to an activating group) is 1. The highest BCUT2D eigenvalue weighted by Gasteiger charge is 2.26. The number of ether oxygens (including phenoxy) is 2. The number of nitrogens with zero attached hydrogens (tertiary/aromatic N) is 6. The summed E-state index contributed by atoms with van der Waals surface area (Å²) in [5, 5.41) is 15.1. The smallest absolute Gasteiger partial charge is 0.240 e. The third-order valence-corrected chi connectivity index (χ3v) is 6.49. The highest BCUT2D eigenvalue weighted by Crippen LogP contribution is 2.33. The summed E-state index contributed by atoms with van der Waals surface area (Å²) in [6.07, 6.45) is 1.99. The SMILES string of the molecule is CN1CCCC(Oc2nc(N3CCOCC3)nc(-n3nc(-c4ccccc4)cc3CO)c2Cl)C1. The van der Waals surface area contributed by atoms with E-state index in [0.29, 0.717) is 49.6 Å². The van der Waals surface area contributed by atoms with E-state index in [9.17, 15) is 5.11 Å². The summed E-state index contributed by atoms with van der Waals surface area (Å²) in [5.74, 6) is 1.25. The molecule has 4 heterocycles. The number of halogens is 1. The van der Waals surface area contributed by atoms with E-state index in [1.165, 1.54) is 0 Å². The molecule has 2 fully saturated rings. The molecule has 0 amide bonds. The van der Waals surface area contributed by atoms with Gasteiger partial charge in [-0.1, -0.05) is 41.9 Å². The van der Waals surface area contributed by atoms with Gasteiger partial charge in [-0.2, -0.15) is 15.1 Å². The monoisotopic (exact) mass is 484 g/mol. The van der Waals surface area contributed by atoms with E-state index in [4.69, 9.17) is 36.1 Å². The molecule has 1 unspecified atom stereocenters. The summed E-state index contributed by atoms with van der Waals surface area (Å²) in [6.45, 7) is 4.21. The van der Waals surface area contributed by atoms with Crippen LogP contribution in [0.1, 0.15) is 18.5 Å². The van der Waals surface area contributed by atoms with Gasteiger partial charge in [0.15, 0.2) is 5.82 Å². The van der Waals surface area contributed by atoms with Crippen LogP contribution in [0.2, 0.25) is 5.02 Å². The Bertz CT molecular complexity index is 1120. The van der Waals surface area contributed by atoms with Gasteiger partial charge in [0.25, 0.3) is 0 Å². The lowest BCUT2D eigenvalue weighted by Gasteiger charge is -2.31. The minimum atomic E-state index is -0.212. The molecule has 34 heavy (non-hydrogen) atoms. The Morgan fingerprint density at radius 1 is 1.15 bits per heavy atom. The fourth-order valence-corrected chi connectivity index (χ4v) is 4.58. The zero-order valence-corrected chi connectivity index (χ0v) is 20.0. The Labute approximate surface area is 203 Å². The molecule has 10 heteroatoms. The first-order valence-electron chi connectivity index (χ1n) is 11.6. The lowest BCUT2D eigenvalue weighted by molar-refractivity contribution is 0.0995. The molecule has 1 N–H and O–H groups in total. The molecule has 0 saturated carbocycles. The van der Waals surface area contributed by atoms with Gasteiger partial charge in [0, 0.05) is 25.2 Å². The standard InChI is InChI=1S/C24H29ClN6O3/c1-29-9-5-8-19(15-29)34-23-21(25)22(26-24(27-23)30-10-12-33-13-11-30)31-18(16-32)14-20(28-31)17-6-3-2-4-7-17/h2-4,6-7,14,19,32H,5,8-13,15-16H2,1H3. The number of aliphatic hydroxyl groups excluding tert-OH is 1. The van der Waals surface area contributed by atoms with E-state index in [0.717, 1.165) is 37.2 Å². The van der Waals surface area contributed by atoms with Gasteiger partial charge in [-0.25, -0.2) is 4.68 Å². The fourth-order valence-electron chi connectivity index (χ4n) is 4.37. The number of piperidine rings is 1. The van der Waals surface area contributed by atoms with Gasteiger partial charge in [0.1, 0.15) is 11.1 Å². The van der Waals surface area contributed by atoms with E-state index in [1.54, 1.807) is 4.68 Å². The molecule has 2 aliphatic rings. The van der Waals surface area contributed by atoms with Crippen molar-refractivity contribution in [3.05, 3.63) is 47.1 Å². The fraction of sp³-hybridized carbons (Fsp3) is 0.458. The Balaban J connectivity index is 1.57. The number of hydrogen-bond donors (Lipinski definition) is 1. The second-order valence-electron chi connectivity index (χ2n) is 8.67. The maximum Gasteiger partial charge on any atom is 0.240 e. The zero-order valence-electron chi connectivity index (χ0n) is 19.2. The van der Waals surface area contributed by atoms with Crippen molar-refractivity contribution in [3.8, 4) is 23.0 Å². The molecule has 1 atom stereocenters. The molecule has 0 radical (unpaired) electrons. The van der Waals surface area contributed by atoms with Crippen LogP contribution in [-0.2, 0) is 11.3 Å². The Kier molecular flexibility index (Phi) is 6.96. The molecule has 0 aliphatic carbocycles. The molecule has 0 bridgehead atoms. The second kappa shape index (κ2) is 10.3. The van der Waals surface area contributed by atoms with Crippen molar-refractivity contribution in [2.24, 2.45) is 0 Å². The highest BCUT2D eigenvalue weighted by molar-refractivity contribution is 6.33. The minimum Gasteiger partial charge on any atom is -0.472 e. The van der Waals surface area contributed by atoms with Crippen LogP contribution in [0.25, 0.3) is 17.1 Å². The van der Waals surface area contributed by atoms with Crippen LogP contribution in [0.5, 0.6) is 5.88 Å². The first-order chi connectivity index (χ1) is 16.6. The average Bonchev–Trinajstić information content (AvgIpc) is 3.31. The number of aromatic nitrogens is 4. The summed E-state index contributed by atoms with van der Waals surface area (Å²) < 4.78 is 13.4.